The molecular weight excluding hydrogens is 283 g/mol. The Kier molecular flexibility index (Phi) is 4.27. The van der Waals surface area contributed by atoms with Crippen molar-refractivity contribution in [3.63, 3.8) is 0 Å². The molecule has 0 atom stereocenters. The van der Waals surface area contributed by atoms with Crippen molar-refractivity contribution in [3.8, 4) is 6.07 Å². The number of oxazole rings is 1. The van der Waals surface area contributed by atoms with Crippen molar-refractivity contribution in [2.24, 2.45) is 5.10 Å². The zero-order chi connectivity index (χ0) is 16.3. The molecule has 0 saturated carbocycles. The molecule has 0 bridgehead atoms. The number of hydrogen-bond donors (Lipinski definition) is 0. The Bertz CT molecular complexity index is 720. The topological polar surface area (TPSA) is 65.4 Å². The van der Waals surface area contributed by atoms with E-state index in [4.69, 9.17) is 9.68 Å². The van der Waals surface area contributed by atoms with Gasteiger partial charge in [0.15, 0.2) is 0 Å². The van der Waals surface area contributed by atoms with Gasteiger partial charge in [0, 0.05) is 12.5 Å². The normalized spacial score (nSPS) is 11.6. The van der Waals surface area contributed by atoms with Crippen LogP contribution in [-0.4, -0.2) is 18.2 Å². The number of benzene rings is 1. The minimum atomic E-state index is -0.303. The lowest BCUT2D eigenvalue weighted by Crippen LogP contribution is -2.11. The van der Waals surface area contributed by atoms with Crippen LogP contribution < -0.4 is 5.01 Å². The number of aromatic nitrogens is 1. The van der Waals surface area contributed by atoms with E-state index in [9.17, 15) is 4.39 Å². The summed E-state index contributed by atoms with van der Waals surface area (Å²) >= 11 is 0. The molecule has 0 spiro atoms. The second-order valence-corrected chi connectivity index (χ2v) is 5.85. The maximum absolute atomic E-state index is 12.8. The first-order valence-electron chi connectivity index (χ1n) is 6.76. The van der Waals surface area contributed by atoms with Crippen molar-refractivity contribution in [1.29, 1.82) is 5.26 Å². The Morgan fingerprint density at radius 1 is 1.32 bits per heavy atom. The number of rotatable bonds is 3. The van der Waals surface area contributed by atoms with E-state index in [-0.39, 0.29) is 22.8 Å². The molecule has 5 nitrogen and oxygen atoms in total. The monoisotopic (exact) mass is 300 g/mol. The van der Waals surface area contributed by atoms with E-state index in [0.717, 1.165) is 5.56 Å². The fourth-order valence-electron chi connectivity index (χ4n) is 1.68. The van der Waals surface area contributed by atoms with Crippen LogP contribution >= 0.6 is 0 Å². The standard InChI is InChI=1S/C16H17FN4O/c1-16(2,3)15-20-13(9-18)14(22-15)21(4)19-10-11-5-7-12(17)8-6-11/h5-8,10H,1-4H3. The molecule has 114 valence electrons. The average molecular weight is 300 g/mol. The maximum atomic E-state index is 12.8. The summed E-state index contributed by atoms with van der Waals surface area (Å²) in [4.78, 5) is 4.19. The number of nitriles is 1. The number of hydrazone groups is 1. The SMILES string of the molecule is CN(N=Cc1ccc(F)cc1)c1oc(C(C)(C)C)nc1C#N. The summed E-state index contributed by atoms with van der Waals surface area (Å²) in [5.74, 6) is 0.455. The van der Waals surface area contributed by atoms with Crippen LogP contribution in [0, 0.1) is 17.1 Å². The van der Waals surface area contributed by atoms with Gasteiger partial charge in [0.2, 0.25) is 11.6 Å². The van der Waals surface area contributed by atoms with E-state index in [1.54, 1.807) is 25.4 Å². The molecule has 0 saturated heterocycles. The van der Waals surface area contributed by atoms with E-state index in [1.807, 2.05) is 26.8 Å². The molecule has 1 aromatic heterocycles. The first-order chi connectivity index (χ1) is 10.3. The Morgan fingerprint density at radius 2 is 1.95 bits per heavy atom. The molecule has 0 aliphatic rings. The largest absolute Gasteiger partial charge is 0.421 e. The van der Waals surface area contributed by atoms with Gasteiger partial charge in [0.05, 0.1) is 6.21 Å². The molecule has 2 rings (SSSR count). The van der Waals surface area contributed by atoms with Crippen LogP contribution in [-0.2, 0) is 5.41 Å². The fraction of sp³-hybridized carbons (Fsp3) is 0.312. The number of nitrogens with zero attached hydrogens (tertiary/aromatic N) is 4. The van der Waals surface area contributed by atoms with Crippen LogP contribution in [0.5, 0.6) is 0 Å². The summed E-state index contributed by atoms with van der Waals surface area (Å²) in [7, 11) is 1.66. The van der Waals surface area contributed by atoms with Crippen molar-refractivity contribution < 1.29 is 8.81 Å². The lowest BCUT2D eigenvalue weighted by atomic mass is 9.97. The van der Waals surface area contributed by atoms with Crippen molar-refractivity contribution in [3.05, 3.63) is 47.2 Å². The predicted octanol–water partition coefficient (Wildman–Crippen LogP) is 3.45. The van der Waals surface area contributed by atoms with E-state index < -0.39 is 0 Å². The van der Waals surface area contributed by atoms with Crippen LogP contribution in [0.25, 0.3) is 0 Å². The Balaban J connectivity index is 2.26. The van der Waals surface area contributed by atoms with Gasteiger partial charge < -0.3 is 4.42 Å². The first kappa shape index (κ1) is 15.7. The first-order valence-corrected chi connectivity index (χ1v) is 6.76. The highest BCUT2D eigenvalue weighted by Crippen LogP contribution is 2.28. The molecule has 0 aliphatic carbocycles. The quantitative estimate of drug-likeness (QED) is 0.643. The molecule has 1 heterocycles. The second-order valence-electron chi connectivity index (χ2n) is 5.85. The molecule has 0 radical (unpaired) electrons. The smallest absolute Gasteiger partial charge is 0.254 e. The summed E-state index contributed by atoms with van der Waals surface area (Å²) < 4.78 is 18.5. The van der Waals surface area contributed by atoms with Gasteiger partial charge in [-0.1, -0.05) is 32.9 Å². The molecule has 1 aromatic carbocycles. The maximum Gasteiger partial charge on any atom is 0.254 e. The number of anilines is 1. The van der Waals surface area contributed by atoms with Crippen LogP contribution in [0.15, 0.2) is 33.8 Å². The summed E-state index contributed by atoms with van der Waals surface area (Å²) in [5, 5.41) is 14.8. The molecule has 0 N–H and O–H groups in total. The van der Waals surface area contributed by atoms with Gasteiger partial charge in [-0.3, -0.25) is 0 Å². The van der Waals surface area contributed by atoms with Crippen LogP contribution in [0.3, 0.4) is 0 Å². The van der Waals surface area contributed by atoms with Crippen LogP contribution in [0.1, 0.15) is 37.9 Å². The zero-order valence-electron chi connectivity index (χ0n) is 13.0. The summed E-state index contributed by atoms with van der Waals surface area (Å²) in [6.07, 6.45) is 1.56. The van der Waals surface area contributed by atoms with Crippen LogP contribution in [0.2, 0.25) is 0 Å². The summed E-state index contributed by atoms with van der Waals surface area (Å²) in [6.45, 7) is 5.85. The van der Waals surface area contributed by atoms with E-state index in [1.165, 1.54) is 17.1 Å². The van der Waals surface area contributed by atoms with Gasteiger partial charge in [-0.05, 0) is 17.7 Å². The summed E-state index contributed by atoms with van der Waals surface area (Å²) in [5.41, 5.74) is 0.622. The Labute approximate surface area is 128 Å². The lowest BCUT2D eigenvalue weighted by molar-refractivity contribution is 0.394. The molecule has 0 unspecified atom stereocenters. The number of halogens is 1. The van der Waals surface area contributed by atoms with Gasteiger partial charge in [-0.2, -0.15) is 15.3 Å². The van der Waals surface area contributed by atoms with Crippen molar-refractivity contribution >= 4 is 12.1 Å². The van der Waals surface area contributed by atoms with E-state index >= 15 is 0 Å². The van der Waals surface area contributed by atoms with E-state index in [2.05, 4.69) is 10.1 Å². The van der Waals surface area contributed by atoms with Gasteiger partial charge in [-0.25, -0.2) is 9.40 Å². The van der Waals surface area contributed by atoms with Crippen molar-refractivity contribution in [2.45, 2.75) is 26.2 Å². The molecule has 0 amide bonds. The minimum absolute atomic E-state index is 0.184. The highest BCUT2D eigenvalue weighted by Gasteiger charge is 2.25. The minimum Gasteiger partial charge on any atom is -0.421 e. The zero-order valence-corrected chi connectivity index (χ0v) is 13.0. The fourth-order valence-corrected chi connectivity index (χ4v) is 1.68. The van der Waals surface area contributed by atoms with Crippen molar-refractivity contribution in [1.82, 2.24) is 4.98 Å². The second kappa shape index (κ2) is 5.98. The van der Waals surface area contributed by atoms with Crippen LogP contribution in [0.4, 0.5) is 10.3 Å². The summed E-state index contributed by atoms with van der Waals surface area (Å²) in [6, 6.07) is 7.94. The average Bonchev–Trinajstić information content (AvgIpc) is 2.90. The van der Waals surface area contributed by atoms with Gasteiger partial charge in [0.25, 0.3) is 5.88 Å². The molecule has 0 fully saturated rings. The Hall–Kier alpha value is -2.68. The highest BCUT2D eigenvalue weighted by molar-refractivity contribution is 5.80. The molecular formula is C16H17FN4O. The molecule has 0 aliphatic heterocycles. The molecule has 6 heteroatoms. The van der Waals surface area contributed by atoms with Gasteiger partial charge in [-0.15, -0.1) is 0 Å². The lowest BCUT2D eigenvalue weighted by Gasteiger charge is -2.13. The van der Waals surface area contributed by atoms with E-state index in [0.29, 0.717) is 5.89 Å². The predicted molar refractivity (Wildman–Crippen MR) is 82.3 cm³/mol. The molecule has 22 heavy (non-hydrogen) atoms. The van der Waals surface area contributed by atoms with Gasteiger partial charge >= 0.3 is 0 Å². The number of hydrogen-bond acceptors (Lipinski definition) is 5. The third kappa shape index (κ3) is 3.50. The Morgan fingerprint density at radius 3 is 2.50 bits per heavy atom. The third-order valence-corrected chi connectivity index (χ3v) is 2.90. The highest BCUT2D eigenvalue weighted by atomic mass is 19.1. The third-order valence-electron chi connectivity index (χ3n) is 2.90. The van der Waals surface area contributed by atoms with Crippen molar-refractivity contribution in [2.75, 3.05) is 12.1 Å². The van der Waals surface area contributed by atoms with Gasteiger partial charge in [0.1, 0.15) is 11.9 Å². The molecule has 2 aromatic rings.